The van der Waals surface area contributed by atoms with Crippen LogP contribution >= 0.6 is 34.7 Å². The lowest BCUT2D eigenvalue weighted by Gasteiger charge is -2.31. The Bertz CT molecular complexity index is 1320. The zero-order valence-corrected chi connectivity index (χ0v) is 21.7. The molecule has 36 heavy (non-hydrogen) atoms. The molecule has 2 aromatic heterocycles. The van der Waals surface area contributed by atoms with Crippen LogP contribution in [-0.4, -0.2) is 40.7 Å². The van der Waals surface area contributed by atoms with Gasteiger partial charge >= 0.3 is 5.97 Å². The molecule has 0 saturated carbocycles. The van der Waals surface area contributed by atoms with Gasteiger partial charge in [0.05, 0.1) is 17.8 Å². The van der Waals surface area contributed by atoms with Gasteiger partial charge < -0.3 is 15.3 Å². The lowest BCUT2D eigenvalue weighted by atomic mass is 10.1. The fourth-order valence-electron chi connectivity index (χ4n) is 3.95. The largest absolute Gasteiger partial charge is 0.481 e. The first-order valence-electron chi connectivity index (χ1n) is 11.4. The maximum Gasteiger partial charge on any atom is 0.305 e. The Morgan fingerprint density at radius 2 is 1.86 bits per heavy atom. The SMILES string of the molecule is N#Cc1c(NCCC(=O)O)nc(SCc2csc(-c3ccc(Cl)cc3)n2)c(C#N)c1N1CCCCC1. The van der Waals surface area contributed by atoms with E-state index in [1.54, 1.807) is 0 Å². The van der Waals surface area contributed by atoms with Crippen LogP contribution in [0.15, 0.2) is 34.7 Å². The van der Waals surface area contributed by atoms with E-state index in [1.165, 1.54) is 23.1 Å². The molecule has 1 fully saturated rings. The van der Waals surface area contributed by atoms with E-state index in [0.29, 0.717) is 32.9 Å². The lowest BCUT2D eigenvalue weighted by Crippen LogP contribution is -2.31. The Morgan fingerprint density at radius 3 is 2.53 bits per heavy atom. The van der Waals surface area contributed by atoms with Crippen molar-refractivity contribution in [1.82, 2.24) is 9.97 Å². The van der Waals surface area contributed by atoms with Crippen LogP contribution in [0.3, 0.4) is 0 Å². The van der Waals surface area contributed by atoms with Gasteiger partial charge in [0.15, 0.2) is 0 Å². The molecule has 3 heterocycles. The van der Waals surface area contributed by atoms with Crippen LogP contribution in [0.1, 0.15) is 42.5 Å². The van der Waals surface area contributed by atoms with Crippen LogP contribution in [0.25, 0.3) is 10.6 Å². The molecule has 184 valence electrons. The van der Waals surface area contributed by atoms with Crippen LogP contribution < -0.4 is 10.2 Å². The number of carbonyl (C=O) groups is 1. The third-order valence-electron chi connectivity index (χ3n) is 5.66. The average Bonchev–Trinajstić information content (AvgIpc) is 3.36. The van der Waals surface area contributed by atoms with E-state index in [0.717, 1.165) is 48.6 Å². The zero-order valence-electron chi connectivity index (χ0n) is 19.3. The first-order chi connectivity index (χ1) is 17.5. The summed E-state index contributed by atoms with van der Waals surface area (Å²) in [6, 6.07) is 12.0. The Hall–Kier alpha value is -3.31. The fraction of sp³-hybridized carbons (Fsp3) is 0.320. The predicted molar refractivity (Wildman–Crippen MR) is 143 cm³/mol. The van der Waals surface area contributed by atoms with Crippen molar-refractivity contribution < 1.29 is 9.90 Å². The van der Waals surface area contributed by atoms with Crippen LogP contribution in [-0.2, 0) is 10.5 Å². The number of aromatic nitrogens is 2. The summed E-state index contributed by atoms with van der Waals surface area (Å²) in [5.41, 5.74) is 3.06. The quantitative estimate of drug-likeness (QED) is 0.326. The molecule has 3 aromatic rings. The Kier molecular flexibility index (Phi) is 8.65. The standard InChI is InChI=1S/C25H23ClN6O2S2/c26-17-6-4-16(5-7-17)24-30-18(14-35-24)15-36-25-20(13-28)22(32-10-2-1-3-11-32)19(12-27)23(31-25)29-9-8-21(33)34/h4-7,14H,1-3,8-11,15H2,(H,29,31)(H,33,34). The molecule has 0 spiro atoms. The second kappa shape index (κ2) is 12.1. The number of benzene rings is 1. The Morgan fingerprint density at radius 1 is 1.14 bits per heavy atom. The number of carboxylic acid groups (broad SMARTS) is 1. The molecule has 8 nitrogen and oxygen atoms in total. The van der Waals surface area contributed by atoms with Crippen LogP contribution in [0, 0.1) is 22.7 Å². The molecule has 1 aromatic carbocycles. The zero-order chi connectivity index (χ0) is 25.5. The average molecular weight is 539 g/mol. The summed E-state index contributed by atoms with van der Waals surface area (Å²) < 4.78 is 0. The minimum atomic E-state index is -0.944. The summed E-state index contributed by atoms with van der Waals surface area (Å²) in [6.07, 6.45) is 2.96. The number of nitrogens with zero attached hydrogens (tertiary/aromatic N) is 5. The van der Waals surface area contributed by atoms with E-state index in [1.807, 2.05) is 29.6 Å². The first kappa shape index (κ1) is 25.8. The minimum Gasteiger partial charge on any atom is -0.481 e. The third-order valence-corrected chi connectivity index (χ3v) is 7.87. The maximum atomic E-state index is 11.0. The molecule has 11 heteroatoms. The second-order valence-corrected chi connectivity index (χ2v) is 10.4. The number of carboxylic acids is 1. The molecular weight excluding hydrogens is 516 g/mol. The highest BCUT2D eigenvalue weighted by molar-refractivity contribution is 7.98. The molecule has 0 atom stereocenters. The van der Waals surface area contributed by atoms with Crippen molar-refractivity contribution in [3.05, 3.63) is 51.5 Å². The predicted octanol–water partition coefficient (Wildman–Crippen LogP) is 5.77. The van der Waals surface area contributed by atoms with Gasteiger partial charge in [-0.2, -0.15) is 10.5 Å². The van der Waals surface area contributed by atoms with E-state index in [-0.39, 0.29) is 18.5 Å². The van der Waals surface area contributed by atoms with Crippen LogP contribution in [0.2, 0.25) is 5.02 Å². The van der Waals surface area contributed by atoms with E-state index < -0.39 is 5.97 Å². The van der Waals surface area contributed by atoms with Crippen molar-refractivity contribution in [1.29, 1.82) is 10.5 Å². The van der Waals surface area contributed by atoms with Crippen molar-refractivity contribution in [2.45, 2.75) is 36.5 Å². The van der Waals surface area contributed by atoms with Crippen molar-refractivity contribution in [2.24, 2.45) is 0 Å². The summed E-state index contributed by atoms with van der Waals surface area (Å²) >= 11 is 8.90. The van der Waals surface area contributed by atoms with Gasteiger partial charge in [-0.15, -0.1) is 11.3 Å². The Balaban J connectivity index is 1.64. The Labute approximate surface area is 222 Å². The summed E-state index contributed by atoms with van der Waals surface area (Å²) in [5, 5.41) is 36.1. The molecule has 0 aliphatic carbocycles. The van der Waals surface area contributed by atoms with Gasteiger partial charge in [-0.25, -0.2) is 9.97 Å². The van der Waals surface area contributed by atoms with Gasteiger partial charge in [-0.05, 0) is 31.4 Å². The van der Waals surface area contributed by atoms with Crippen molar-refractivity contribution in [2.75, 3.05) is 29.9 Å². The van der Waals surface area contributed by atoms with Gasteiger partial charge in [0.1, 0.15) is 39.1 Å². The van der Waals surface area contributed by atoms with Gasteiger partial charge in [-0.1, -0.05) is 35.5 Å². The number of halogens is 1. The number of thiazole rings is 1. The summed E-state index contributed by atoms with van der Waals surface area (Å²) in [7, 11) is 0. The monoisotopic (exact) mass is 538 g/mol. The lowest BCUT2D eigenvalue weighted by molar-refractivity contribution is -0.136. The molecular formula is C25H23ClN6O2S2. The maximum absolute atomic E-state index is 11.0. The number of nitriles is 2. The third kappa shape index (κ3) is 6.08. The summed E-state index contributed by atoms with van der Waals surface area (Å²) in [5.74, 6) is -0.146. The highest BCUT2D eigenvalue weighted by atomic mass is 35.5. The van der Waals surface area contributed by atoms with Crippen molar-refractivity contribution in [3.8, 4) is 22.7 Å². The van der Waals surface area contributed by atoms with Crippen molar-refractivity contribution in [3.63, 3.8) is 0 Å². The van der Waals surface area contributed by atoms with Gasteiger partial charge in [-0.3, -0.25) is 4.79 Å². The molecule has 0 unspecified atom stereocenters. The van der Waals surface area contributed by atoms with Gasteiger partial charge in [0.2, 0.25) is 0 Å². The molecule has 1 saturated heterocycles. The van der Waals surface area contributed by atoms with Gasteiger partial charge in [0, 0.05) is 41.4 Å². The number of nitrogens with one attached hydrogen (secondary N) is 1. The van der Waals surface area contributed by atoms with Crippen LogP contribution in [0.5, 0.6) is 0 Å². The minimum absolute atomic E-state index is 0.111. The molecule has 0 radical (unpaired) electrons. The number of hydrogen-bond acceptors (Lipinski definition) is 9. The number of thioether (sulfide) groups is 1. The number of aliphatic carboxylic acids is 1. The highest BCUT2D eigenvalue weighted by Crippen LogP contribution is 2.38. The molecule has 4 rings (SSSR count). The molecule has 1 aliphatic rings. The topological polar surface area (TPSA) is 126 Å². The molecule has 1 aliphatic heterocycles. The summed E-state index contributed by atoms with van der Waals surface area (Å²) in [6.45, 7) is 1.63. The van der Waals surface area contributed by atoms with Crippen LogP contribution in [0.4, 0.5) is 11.5 Å². The van der Waals surface area contributed by atoms with Gasteiger partial charge in [0.25, 0.3) is 0 Å². The second-order valence-electron chi connectivity index (χ2n) is 8.15. The number of pyridine rings is 1. The molecule has 0 bridgehead atoms. The first-order valence-corrected chi connectivity index (χ1v) is 13.7. The smallest absolute Gasteiger partial charge is 0.305 e. The van der Waals surface area contributed by atoms with E-state index >= 15 is 0 Å². The van der Waals surface area contributed by atoms with E-state index in [2.05, 4.69) is 27.3 Å². The van der Waals surface area contributed by atoms with E-state index in [9.17, 15) is 15.3 Å². The van der Waals surface area contributed by atoms with Crippen molar-refractivity contribution >= 4 is 52.2 Å². The number of piperidine rings is 1. The fourth-order valence-corrected chi connectivity index (χ4v) is 5.89. The molecule has 2 N–H and O–H groups in total. The van der Waals surface area contributed by atoms with E-state index in [4.69, 9.17) is 21.7 Å². The number of anilines is 2. The normalized spacial score (nSPS) is 13.1. The number of hydrogen-bond donors (Lipinski definition) is 2. The summed E-state index contributed by atoms with van der Waals surface area (Å²) in [4.78, 5) is 22.4. The highest BCUT2D eigenvalue weighted by Gasteiger charge is 2.26. The number of rotatable bonds is 9. The molecule has 0 amide bonds.